The Labute approximate surface area is 145 Å². The van der Waals surface area contributed by atoms with Crippen LogP contribution in [0.15, 0.2) is 64.4 Å². The zero-order valence-electron chi connectivity index (χ0n) is 13.3. The Morgan fingerprint density at radius 2 is 1.67 bits per heavy atom. The number of benzene rings is 2. The van der Waals surface area contributed by atoms with Crippen LogP contribution in [0.3, 0.4) is 0 Å². The van der Waals surface area contributed by atoms with E-state index in [-0.39, 0.29) is 10.7 Å². The van der Waals surface area contributed by atoms with Gasteiger partial charge < -0.3 is 5.73 Å². The summed E-state index contributed by atoms with van der Waals surface area (Å²) in [5, 5.41) is 4.20. The quantitative estimate of drug-likeness (QED) is 0.722. The van der Waals surface area contributed by atoms with Crippen molar-refractivity contribution >= 4 is 27.6 Å². The lowest BCUT2D eigenvalue weighted by atomic mass is 10.1. The Morgan fingerprint density at radius 3 is 2.25 bits per heavy atom. The minimum atomic E-state index is -3.82. The number of aromatic nitrogens is 2. The average Bonchev–Trinajstić information content (AvgIpc) is 2.98. The molecular formula is C17H17N3O2S2. The minimum absolute atomic E-state index is 0.0829. The third kappa shape index (κ3) is 3.05. The monoisotopic (exact) mass is 359 g/mol. The first-order chi connectivity index (χ1) is 11.4. The maximum absolute atomic E-state index is 12.8. The first kappa shape index (κ1) is 16.6. The van der Waals surface area contributed by atoms with Gasteiger partial charge >= 0.3 is 0 Å². The van der Waals surface area contributed by atoms with Gasteiger partial charge in [-0.1, -0.05) is 29.8 Å². The lowest BCUT2D eigenvalue weighted by Gasteiger charge is -2.06. The van der Waals surface area contributed by atoms with E-state index >= 15 is 0 Å². The van der Waals surface area contributed by atoms with Crippen LogP contribution in [-0.2, 0) is 10.0 Å². The van der Waals surface area contributed by atoms with Crippen molar-refractivity contribution in [2.75, 3.05) is 12.0 Å². The Hall–Kier alpha value is -2.25. The van der Waals surface area contributed by atoms with E-state index in [1.807, 2.05) is 37.4 Å². The van der Waals surface area contributed by atoms with Crippen molar-refractivity contribution in [2.24, 2.45) is 0 Å². The zero-order valence-corrected chi connectivity index (χ0v) is 14.9. The number of thioether (sulfide) groups is 1. The second-order valence-corrected chi connectivity index (χ2v) is 7.99. The molecule has 0 aliphatic rings. The normalized spacial score (nSPS) is 11.6. The molecule has 0 unspecified atom stereocenters. The molecule has 0 spiro atoms. The van der Waals surface area contributed by atoms with Crippen LogP contribution in [-0.4, -0.2) is 23.9 Å². The number of nitrogens with two attached hydrogens (primary N) is 1. The zero-order chi connectivity index (χ0) is 17.3. The van der Waals surface area contributed by atoms with Crippen LogP contribution >= 0.6 is 11.8 Å². The van der Waals surface area contributed by atoms with Crippen LogP contribution in [0.1, 0.15) is 5.56 Å². The standard InChI is InChI=1S/C17H17N3O2S2/c1-12-3-5-13(6-4-12)16-11-17(18)20(19-16)24(21,22)15-9-7-14(23-2)8-10-15/h3-11H,18H2,1-2H3. The van der Waals surface area contributed by atoms with Crippen LogP contribution in [0.5, 0.6) is 0 Å². The van der Waals surface area contributed by atoms with E-state index in [1.165, 1.54) is 0 Å². The number of rotatable bonds is 4. The summed E-state index contributed by atoms with van der Waals surface area (Å²) in [6.45, 7) is 1.99. The Kier molecular flexibility index (Phi) is 4.38. The molecule has 0 saturated heterocycles. The van der Waals surface area contributed by atoms with E-state index in [0.29, 0.717) is 5.69 Å². The molecule has 7 heteroatoms. The van der Waals surface area contributed by atoms with Gasteiger partial charge in [-0.25, -0.2) is 0 Å². The van der Waals surface area contributed by atoms with Crippen LogP contribution in [0.25, 0.3) is 11.3 Å². The maximum atomic E-state index is 12.8. The van der Waals surface area contributed by atoms with E-state index in [1.54, 1.807) is 42.1 Å². The highest BCUT2D eigenvalue weighted by Crippen LogP contribution is 2.25. The molecule has 1 heterocycles. The highest BCUT2D eigenvalue weighted by atomic mass is 32.2. The van der Waals surface area contributed by atoms with Gasteiger partial charge in [0.25, 0.3) is 10.0 Å². The van der Waals surface area contributed by atoms with Crippen LogP contribution in [0, 0.1) is 6.92 Å². The van der Waals surface area contributed by atoms with Crippen molar-refractivity contribution in [3.8, 4) is 11.3 Å². The van der Waals surface area contributed by atoms with Crippen molar-refractivity contribution in [3.63, 3.8) is 0 Å². The fraction of sp³-hybridized carbons (Fsp3) is 0.118. The van der Waals surface area contributed by atoms with E-state index in [2.05, 4.69) is 5.10 Å². The first-order valence-corrected chi connectivity index (χ1v) is 9.90. The second kappa shape index (κ2) is 6.33. The third-order valence-electron chi connectivity index (χ3n) is 3.64. The molecule has 5 nitrogen and oxygen atoms in total. The minimum Gasteiger partial charge on any atom is -0.383 e. The molecule has 0 atom stereocenters. The summed E-state index contributed by atoms with van der Waals surface area (Å²) in [6, 6.07) is 15.9. The van der Waals surface area contributed by atoms with Crippen molar-refractivity contribution in [1.29, 1.82) is 0 Å². The van der Waals surface area contributed by atoms with Gasteiger partial charge in [-0.15, -0.1) is 15.8 Å². The number of aryl methyl sites for hydroxylation is 1. The molecule has 0 amide bonds. The number of nitrogens with zero attached hydrogens (tertiary/aromatic N) is 2. The molecule has 0 aliphatic heterocycles. The average molecular weight is 359 g/mol. The van der Waals surface area contributed by atoms with Gasteiger partial charge in [0.05, 0.1) is 10.6 Å². The first-order valence-electron chi connectivity index (χ1n) is 7.24. The Morgan fingerprint density at radius 1 is 1.04 bits per heavy atom. The molecule has 24 heavy (non-hydrogen) atoms. The van der Waals surface area contributed by atoms with Gasteiger partial charge in [0, 0.05) is 16.5 Å². The summed E-state index contributed by atoms with van der Waals surface area (Å²) in [4.78, 5) is 1.15. The molecule has 2 N–H and O–H groups in total. The van der Waals surface area contributed by atoms with Crippen LogP contribution in [0.4, 0.5) is 5.82 Å². The highest BCUT2D eigenvalue weighted by molar-refractivity contribution is 7.98. The lowest BCUT2D eigenvalue weighted by Crippen LogP contribution is -2.16. The summed E-state index contributed by atoms with van der Waals surface area (Å²) in [7, 11) is -3.82. The molecule has 1 aromatic heterocycles. The Balaban J connectivity index is 2.03. The fourth-order valence-electron chi connectivity index (χ4n) is 2.29. The van der Waals surface area contributed by atoms with E-state index < -0.39 is 10.0 Å². The molecule has 124 valence electrons. The third-order valence-corrected chi connectivity index (χ3v) is 6.00. The van der Waals surface area contributed by atoms with Gasteiger partial charge in [0.2, 0.25) is 0 Å². The molecule has 3 rings (SSSR count). The van der Waals surface area contributed by atoms with Crippen molar-refractivity contribution in [2.45, 2.75) is 16.7 Å². The number of hydrogen-bond donors (Lipinski definition) is 1. The van der Waals surface area contributed by atoms with Gasteiger partial charge in [0.15, 0.2) is 0 Å². The largest absolute Gasteiger partial charge is 0.383 e. The van der Waals surface area contributed by atoms with Gasteiger partial charge in [-0.05, 0) is 37.4 Å². The van der Waals surface area contributed by atoms with Crippen molar-refractivity contribution < 1.29 is 8.42 Å². The second-order valence-electron chi connectivity index (χ2n) is 5.34. The lowest BCUT2D eigenvalue weighted by molar-refractivity contribution is 0.581. The number of hydrogen-bond acceptors (Lipinski definition) is 5. The highest BCUT2D eigenvalue weighted by Gasteiger charge is 2.22. The summed E-state index contributed by atoms with van der Waals surface area (Å²) in [5.74, 6) is 0.0829. The molecule has 3 aromatic rings. The fourth-order valence-corrected chi connectivity index (χ4v) is 3.90. The summed E-state index contributed by atoms with van der Waals surface area (Å²) < 4.78 is 26.4. The van der Waals surface area contributed by atoms with Gasteiger partial charge in [-0.3, -0.25) is 0 Å². The van der Waals surface area contributed by atoms with E-state index in [0.717, 1.165) is 20.1 Å². The predicted molar refractivity (Wildman–Crippen MR) is 97.6 cm³/mol. The SMILES string of the molecule is CSc1ccc(S(=O)(=O)n2nc(-c3ccc(C)cc3)cc2N)cc1. The molecule has 0 aliphatic carbocycles. The van der Waals surface area contributed by atoms with E-state index in [4.69, 9.17) is 5.73 Å². The van der Waals surface area contributed by atoms with Gasteiger partial charge in [-0.2, -0.15) is 13.5 Å². The summed E-state index contributed by atoms with van der Waals surface area (Å²) in [6.07, 6.45) is 1.93. The molecule has 0 saturated carbocycles. The van der Waals surface area contributed by atoms with Gasteiger partial charge in [0.1, 0.15) is 5.82 Å². The smallest absolute Gasteiger partial charge is 0.284 e. The molecule has 2 aromatic carbocycles. The summed E-state index contributed by atoms with van der Waals surface area (Å²) in [5.41, 5.74) is 8.37. The van der Waals surface area contributed by atoms with E-state index in [9.17, 15) is 8.42 Å². The number of nitrogen functional groups attached to an aromatic ring is 1. The van der Waals surface area contributed by atoms with Crippen LogP contribution in [0.2, 0.25) is 0 Å². The molecule has 0 radical (unpaired) electrons. The maximum Gasteiger partial charge on any atom is 0.284 e. The molecular weight excluding hydrogens is 342 g/mol. The predicted octanol–water partition coefficient (Wildman–Crippen LogP) is 3.40. The summed E-state index contributed by atoms with van der Waals surface area (Å²) >= 11 is 1.55. The van der Waals surface area contributed by atoms with Crippen molar-refractivity contribution in [3.05, 3.63) is 60.2 Å². The number of anilines is 1. The topological polar surface area (TPSA) is 78.0 Å². The molecule has 0 bridgehead atoms. The van der Waals surface area contributed by atoms with Crippen molar-refractivity contribution in [1.82, 2.24) is 9.19 Å². The Bertz CT molecular complexity index is 960. The molecule has 0 fully saturated rings. The van der Waals surface area contributed by atoms with Crippen LogP contribution < -0.4 is 5.73 Å².